The Balaban J connectivity index is 3.02. The first-order valence-electron chi connectivity index (χ1n) is 5.60. The van der Waals surface area contributed by atoms with Gasteiger partial charge in [-0.25, -0.2) is 9.00 Å². The molecule has 1 aromatic heterocycles. The summed E-state index contributed by atoms with van der Waals surface area (Å²) in [4.78, 5) is 15.6. The van der Waals surface area contributed by atoms with Gasteiger partial charge in [-0.15, -0.1) is 0 Å². The molecule has 118 valence electrons. The van der Waals surface area contributed by atoms with Crippen LogP contribution < -0.4 is 0 Å². The van der Waals surface area contributed by atoms with Crippen molar-refractivity contribution in [3.63, 3.8) is 0 Å². The molecule has 0 radical (unpaired) electrons. The Morgan fingerprint density at radius 2 is 1.86 bits per heavy atom. The highest BCUT2D eigenvalue weighted by molar-refractivity contribution is 7.85. The minimum Gasteiger partial charge on any atom is -0.465 e. The quantitative estimate of drug-likeness (QED) is 0.511. The van der Waals surface area contributed by atoms with Crippen LogP contribution in [0.25, 0.3) is 0 Å². The number of aromatic nitrogens is 1. The Morgan fingerprint density at radius 1 is 1.29 bits per heavy atom. The van der Waals surface area contributed by atoms with E-state index in [0.717, 1.165) is 6.26 Å². The Morgan fingerprint density at radius 3 is 2.33 bits per heavy atom. The Kier molecular flexibility index (Phi) is 6.40. The van der Waals surface area contributed by atoms with Crippen LogP contribution in [-0.4, -0.2) is 43.2 Å². The highest BCUT2D eigenvalue weighted by Crippen LogP contribution is 2.11. The molecule has 0 aliphatic heterocycles. The van der Waals surface area contributed by atoms with Gasteiger partial charge in [0.25, 0.3) is 10.1 Å². The minimum absolute atomic E-state index is 0.0974. The first-order valence-corrected chi connectivity index (χ1v) is 8.90. The maximum absolute atomic E-state index is 11.5. The number of pyridine rings is 1. The molecule has 8 nitrogen and oxygen atoms in total. The van der Waals surface area contributed by atoms with Gasteiger partial charge in [-0.05, 0) is 12.1 Å². The summed E-state index contributed by atoms with van der Waals surface area (Å²) in [6, 6.07) is 2.76. The van der Waals surface area contributed by atoms with E-state index in [2.05, 4.69) is 13.9 Å². The van der Waals surface area contributed by atoms with E-state index in [-0.39, 0.29) is 24.5 Å². The summed E-state index contributed by atoms with van der Waals surface area (Å²) in [5, 5.41) is 0. The molecule has 0 bridgehead atoms. The number of ether oxygens (including phenoxy) is 1. The highest BCUT2D eigenvalue weighted by atomic mass is 32.2. The number of carbonyl (C=O) groups is 1. The summed E-state index contributed by atoms with van der Waals surface area (Å²) >= 11 is -1.49. The van der Waals surface area contributed by atoms with E-state index < -0.39 is 27.2 Å². The van der Waals surface area contributed by atoms with Gasteiger partial charge in [0.15, 0.2) is 11.1 Å². The molecule has 1 atom stereocenters. The summed E-state index contributed by atoms with van der Waals surface area (Å²) in [6.45, 7) is -0.425. The number of esters is 1. The average Bonchev–Trinajstić information content (AvgIpc) is 2.41. The zero-order valence-corrected chi connectivity index (χ0v) is 13.3. The normalized spacial score (nSPS) is 12.9. The molecule has 1 unspecified atom stereocenters. The van der Waals surface area contributed by atoms with E-state index in [1.807, 2.05) is 0 Å². The number of rotatable bonds is 7. The minimum atomic E-state index is -3.64. The van der Waals surface area contributed by atoms with E-state index >= 15 is 0 Å². The van der Waals surface area contributed by atoms with Crippen molar-refractivity contribution in [2.75, 3.05) is 19.6 Å². The van der Waals surface area contributed by atoms with Gasteiger partial charge < -0.3 is 4.74 Å². The van der Waals surface area contributed by atoms with E-state index in [0.29, 0.717) is 5.69 Å². The molecule has 0 aliphatic rings. The molecule has 0 saturated heterocycles. The van der Waals surface area contributed by atoms with Crippen LogP contribution in [0, 0.1) is 0 Å². The predicted molar refractivity (Wildman–Crippen MR) is 74.1 cm³/mol. The molecule has 1 heterocycles. The first-order chi connectivity index (χ1) is 9.71. The van der Waals surface area contributed by atoms with E-state index in [9.17, 15) is 17.4 Å². The second kappa shape index (κ2) is 7.59. The molecule has 21 heavy (non-hydrogen) atoms. The third-order valence-corrected chi connectivity index (χ3v) is 3.14. The zero-order chi connectivity index (χ0) is 16.0. The zero-order valence-electron chi connectivity index (χ0n) is 11.7. The molecule has 0 aromatic carbocycles. The molecule has 1 aromatic rings. The fourth-order valence-electron chi connectivity index (χ4n) is 1.34. The van der Waals surface area contributed by atoms with Crippen LogP contribution in [0.2, 0.25) is 0 Å². The number of nitrogens with zero attached hydrogens (tertiary/aromatic N) is 1. The van der Waals surface area contributed by atoms with E-state index in [1.165, 1.54) is 25.5 Å². The lowest BCUT2D eigenvalue weighted by molar-refractivity contribution is 0.0600. The van der Waals surface area contributed by atoms with Crippen LogP contribution in [0.5, 0.6) is 0 Å². The van der Waals surface area contributed by atoms with Crippen LogP contribution in [0.3, 0.4) is 0 Å². The molecule has 0 spiro atoms. The van der Waals surface area contributed by atoms with Crippen LogP contribution in [-0.2, 0) is 47.5 Å². The van der Waals surface area contributed by atoms with Gasteiger partial charge in [0.1, 0.15) is 13.2 Å². The van der Waals surface area contributed by atoms with Crippen molar-refractivity contribution in [1.82, 2.24) is 4.98 Å². The predicted octanol–water partition coefficient (Wildman–Crippen LogP) is 0.155. The fourth-order valence-corrected chi connectivity index (χ4v) is 1.97. The van der Waals surface area contributed by atoms with Crippen molar-refractivity contribution >= 4 is 27.2 Å². The maximum atomic E-state index is 11.5. The second-order valence-corrected chi connectivity index (χ2v) is 6.64. The van der Waals surface area contributed by atoms with Crippen LogP contribution in [0.4, 0.5) is 0 Å². The van der Waals surface area contributed by atoms with Crippen molar-refractivity contribution in [2.24, 2.45) is 0 Å². The standard InChI is InChI=1S/C11H15NO7S2/c1-17-11(13)8-4-9(6-18-20(2)14)12-10(5-8)7-19-21(3,15)16/h4-5H,6-7H2,1-3H3. The molecule has 0 fully saturated rings. The Bertz CT molecular complexity index is 642. The average molecular weight is 337 g/mol. The van der Waals surface area contributed by atoms with Crippen molar-refractivity contribution in [3.05, 3.63) is 29.1 Å². The van der Waals surface area contributed by atoms with Crippen molar-refractivity contribution < 1.29 is 30.5 Å². The van der Waals surface area contributed by atoms with Gasteiger partial charge in [0.05, 0.1) is 30.3 Å². The molecule has 0 aliphatic carbocycles. The molecular formula is C11H15NO7S2. The van der Waals surface area contributed by atoms with Crippen LogP contribution in [0.1, 0.15) is 21.7 Å². The Labute approximate surface area is 125 Å². The Hall–Kier alpha value is -1.36. The maximum Gasteiger partial charge on any atom is 0.337 e. The molecule has 1 rings (SSSR count). The van der Waals surface area contributed by atoms with Gasteiger partial charge in [0.2, 0.25) is 0 Å². The SMILES string of the molecule is COC(=O)c1cc(COS(C)=O)nc(COS(C)(=O)=O)c1. The van der Waals surface area contributed by atoms with Gasteiger partial charge in [-0.2, -0.15) is 8.42 Å². The van der Waals surface area contributed by atoms with E-state index in [1.54, 1.807) is 0 Å². The number of methoxy groups -OCH3 is 1. The summed E-state index contributed by atoms with van der Waals surface area (Å²) in [5.74, 6) is -0.614. The number of hydrogen-bond donors (Lipinski definition) is 0. The summed E-state index contributed by atoms with van der Waals surface area (Å²) in [5.41, 5.74) is 0.684. The smallest absolute Gasteiger partial charge is 0.337 e. The van der Waals surface area contributed by atoms with Crippen LogP contribution in [0.15, 0.2) is 12.1 Å². The van der Waals surface area contributed by atoms with Gasteiger partial charge in [-0.1, -0.05) is 0 Å². The molecule has 0 amide bonds. The lowest BCUT2D eigenvalue weighted by Gasteiger charge is -2.08. The topological polar surface area (TPSA) is 109 Å². The summed E-state index contributed by atoms with van der Waals surface area (Å²) in [7, 11) is -2.42. The summed E-state index contributed by atoms with van der Waals surface area (Å²) < 4.78 is 47.0. The molecule has 0 N–H and O–H groups in total. The van der Waals surface area contributed by atoms with E-state index in [4.69, 9.17) is 4.18 Å². The molecule has 0 saturated carbocycles. The number of carbonyl (C=O) groups excluding carboxylic acids is 1. The third kappa shape index (κ3) is 6.76. The van der Waals surface area contributed by atoms with Gasteiger partial charge in [0, 0.05) is 6.26 Å². The monoisotopic (exact) mass is 337 g/mol. The van der Waals surface area contributed by atoms with Crippen molar-refractivity contribution in [1.29, 1.82) is 0 Å². The third-order valence-electron chi connectivity index (χ3n) is 2.15. The van der Waals surface area contributed by atoms with Gasteiger partial charge >= 0.3 is 5.97 Å². The largest absolute Gasteiger partial charge is 0.465 e. The van der Waals surface area contributed by atoms with Crippen LogP contribution >= 0.6 is 0 Å². The second-order valence-electron chi connectivity index (χ2n) is 3.96. The molecule has 10 heteroatoms. The van der Waals surface area contributed by atoms with Crippen molar-refractivity contribution in [2.45, 2.75) is 13.2 Å². The lowest BCUT2D eigenvalue weighted by Crippen LogP contribution is -2.10. The number of hydrogen-bond acceptors (Lipinski definition) is 8. The highest BCUT2D eigenvalue weighted by Gasteiger charge is 2.12. The summed E-state index contributed by atoms with van der Waals surface area (Å²) in [6.07, 6.45) is 2.25. The lowest BCUT2D eigenvalue weighted by atomic mass is 10.2. The van der Waals surface area contributed by atoms with Crippen molar-refractivity contribution in [3.8, 4) is 0 Å². The molecular weight excluding hydrogens is 322 g/mol. The van der Waals surface area contributed by atoms with Gasteiger partial charge in [-0.3, -0.25) is 13.4 Å². The fraction of sp³-hybridized carbons (Fsp3) is 0.455. The first kappa shape index (κ1) is 17.7.